The van der Waals surface area contributed by atoms with Gasteiger partial charge < -0.3 is 4.90 Å². The topological polar surface area (TPSA) is 44.1 Å². The molecule has 0 aromatic heterocycles. The maximum absolute atomic E-state index is 12.8. The lowest BCUT2D eigenvalue weighted by Gasteiger charge is -2.29. The molecule has 1 aliphatic rings. The summed E-state index contributed by atoms with van der Waals surface area (Å²) < 4.78 is 49.7. The van der Waals surface area contributed by atoms with Gasteiger partial charge in [0.2, 0.25) is 0 Å². The summed E-state index contributed by atoms with van der Waals surface area (Å²) in [4.78, 5) is 1.76. The highest BCUT2D eigenvalue weighted by atomic mass is 32.2. The van der Waals surface area contributed by atoms with Crippen molar-refractivity contribution in [2.75, 3.05) is 29.5 Å². The van der Waals surface area contributed by atoms with Gasteiger partial charge >= 0.3 is 6.18 Å². The van der Waals surface area contributed by atoms with E-state index >= 15 is 0 Å². The lowest BCUT2D eigenvalue weighted by atomic mass is 10.1. The molecule has 1 heterocycles. The van der Waals surface area contributed by atoms with Crippen LogP contribution >= 0.6 is 0 Å². The lowest BCUT2D eigenvalue weighted by Crippen LogP contribution is -2.37. The molecule has 7 heteroatoms. The van der Waals surface area contributed by atoms with Crippen LogP contribution in [-0.2, 0) is 17.0 Å². The molecule has 1 saturated heterocycles. The summed E-state index contributed by atoms with van der Waals surface area (Å²) in [5.74, 6) is 0.919. The lowest BCUT2D eigenvalue weighted by molar-refractivity contribution is -0.137. The second-order valence-electron chi connectivity index (χ2n) is 4.17. The number of rotatable bonds is 1. The Morgan fingerprint density at radius 2 is 1.89 bits per heavy atom. The molecule has 102 valence electrons. The summed E-state index contributed by atoms with van der Waals surface area (Å²) in [5.41, 5.74) is -0.876. The van der Waals surface area contributed by atoms with Crippen molar-refractivity contribution < 1.29 is 17.4 Å². The summed E-state index contributed by atoms with van der Waals surface area (Å²) in [6.45, 7) is 0.936. The van der Waals surface area contributed by atoms with Crippen molar-refractivity contribution in [2.45, 2.75) is 6.18 Å². The van der Waals surface area contributed by atoms with E-state index in [2.05, 4.69) is 0 Å². The van der Waals surface area contributed by atoms with Crippen LogP contribution in [0.4, 0.5) is 18.9 Å². The highest BCUT2D eigenvalue weighted by Crippen LogP contribution is 2.34. The SMILES string of the molecule is N#Cc1ccc(N2CCS(=O)CC2)cc1C(F)(F)F. The molecular weight excluding hydrogens is 277 g/mol. The summed E-state index contributed by atoms with van der Waals surface area (Å²) in [5, 5.41) is 8.71. The van der Waals surface area contributed by atoms with E-state index in [9.17, 15) is 17.4 Å². The molecule has 1 aromatic rings. The van der Waals surface area contributed by atoms with Crippen LogP contribution in [0, 0.1) is 11.3 Å². The van der Waals surface area contributed by atoms with Gasteiger partial charge in [0.25, 0.3) is 0 Å². The number of nitrogens with zero attached hydrogens (tertiary/aromatic N) is 2. The maximum atomic E-state index is 12.8. The van der Waals surface area contributed by atoms with Gasteiger partial charge in [-0.3, -0.25) is 4.21 Å². The molecule has 0 bridgehead atoms. The van der Waals surface area contributed by atoms with Crippen LogP contribution in [-0.4, -0.2) is 28.8 Å². The highest BCUT2D eigenvalue weighted by molar-refractivity contribution is 7.85. The van der Waals surface area contributed by atoms with Gasteiger partial charge in [0.1, 0.15) is 0 Å². The van der Waals surface area contributed by atoms with Crippen molar-refractivity contribution in [2.24, 2.45) is 0 Å². The molecule has 1 aromatic carbocycles. The molecule has 0 aliphatic carbocycles. The second kappa shape index (κ2) is 5.21. The Bertz CT molecular complexity index is 541. The Hall–Kier alpha value is -1.55. The van der Waals surface area contributed by atoms with Crippen molar-refractivity contribution in [3.63, 3.8) is 0 Å². The van der Waals surface area contributed by atoms with Crippen molar-refractivity contribution >= 4 is 16.5 Å². The normalized spacial score (nSPS) is 17.3. The van der Waals surface area contributed by atoms with E-state index in [-0.39, 0.29) is 5.56 Å². The fourth-order valence-corrected chi connectivity index (χ4v) is 3.01. The van der Waals surface area contributed by atoms with Gasteiger partial charge in [-0.2, -0.15) is 18.4 Å². The molecule has 1 fully saturated rings. The highest BCUT2D eigenvalue weighted by Gasteiger charge is 2.34. The van der Waals surface area contributed by atoms with Gasteiger partial charge in [0, 0.05) is 41.1 Å². The predicted molar refractivity (Wildman–Crippen MR) is 66.2 cm³/mol. The van der Waals surface area contributed by atoms with Gasteiger partial charge in [0.05, 0.1) is 17.2 Å². The molecule has 2 rings (SSSR count). The van der Waals surface area contributed by atoms with Gasteiger partial charge in [-0.05, 0) is 18.2 Å². The number of alkyl halides is 3. The Morgan fingerprint density at radius 3 is 2.42 bits per heavy atom. The molecule has 0 unspecified atom stereocenters. The van der Waals surface area contributed by atoms with Crippen LogP contribution in [0.15, 0.2) is 18.2 Å². The first-order valence-electron chi connectivity index (χ1n) is 5.63. The Balaban J connectivity index is 2.33. The third kappa shape index (κ3) is 3.07. The molecule has 0 saturated carbocycles. The van der Waals surface area contributed by atoms with Gasteiger partial charge in [-0.1, -0.05) is 0 Å². The number of hydrogen-bond donors (Lipinski definition) is 0. The third-order valence-electron chi connectivity index (χ3n) is 2.97. The van der Waals surface area contributed by atoms with E-state index in [4.69, 9.17) is 5.26 Å². The minimum Gasteiger partial charge on any atom is -0.370 e. The van der Waals surface area contributed by atoms with Gasteiger partial charge in [-0.25, -0.2) is 0 Å². The van der Waals surface area contributed by atoms with E-state index < -0.39 is 22.5 Å². The molecule has 0 amide bonds. The predicted octanol–water partition coefficient (Wildman–Crippen LogP) is 2.15. The van der Waals surface area contributed by atoms with Crippen LogP contribution in [0.3, 0.4) is 0 Å². The van der Waals surface area contributed by atoms with Crippen molar-refractivity contribution in [3.05, 3.63) is 29.3 Å². The summed E-state index contributed by atoms with van der Waals surface area (Å²) in [7, 11) is -0.879. The molecule has 19 heavy (non-hydrogen) atoms. The monoisotopic (exact) mass is 288 g/mol. The maximum Gasteiger partial charge on any atom is 0.417 e. The van der Waals surface area contributed by atoms with E-state index in [1.807, 2.05) is 0 Å². The zero-order chi connectivity index (χ0) is 14.0. The van der Waals surface area contributed by atoms with Gasteiger partial charge in [0.15, 0.2) is 0 Å². The average molecular weight is 288 g/mol. The zero-order valence-electron chi connectivity index (χ0n) is 9.91. The first-order valence-corrected chi connectivity index (χ1v) is 7.12. The molecule has 1 aliphatic heterocycles. The molecule has 0 spiro atoms. The molecule has 0 radical (unpaired) electrons. The second-order valence-corrected chi connectivity index (χ2v) is 5.87. The molecule has 3 nitrogen and oxygen atoms in total. The number of nitriles is 1. The van der Waals surface area contributed by atoms with Crippen LogP contribution in [0.25, 0.3) is 0 Å². The van der Waals surface area contributed by atoms with E-state index in [0.29, 0.717) is 30.3 Å². The first-order chi connectivity index (χ1) is 8.91. The van der Waals surface area contributed by atoms with Crippen molar-refractivity contribution in [1.29, 1.82) is 5.26 Å². The van der Waals surface area contributed by atoms with E-state index in [0.717, 1.165) is 6.07 Å². The summed E-state index contributed by atoms with van der Waals surface area (Å²) in [6, 6.07) is 5.23. The number of benzene rings is 1. The standard InChI is InChI=1S/C12H11F3N2OS/c13-12(14,15)11-7-10(2-1-9(11)8-16)17-3-5-19(18)6-4-17/h1-2,7H,3-6H2. The third-order valence-corrected chi connectivity index (χ3v) is 4.25. The smallest absolute Gasteiger partial charge is 0.370 e. The summed E-state index contributed by atoms with van der Waals surface area (Å²) in [6.07, 6.45) is -4.54. The Morgan fingerprint density at radius 1 is 1.26 bits per heavy atom. The van der Waals surface area contributed by atoms with Crippen LogP contribution in [0.5, 0.6) is 0 Å². The minimum absolute atomic E-state index is 0.378. The van der Waals surface area contributed by atoms with Crippen molar-refractivity contribution in [3.8, 4) is 6.07 Å². The minimum atomic E-state index is -4.54. The molecular formula is C12H11F3N2OS. The fourth-order valence-electron chi connectivity index (χ4n) is 1.96. The first kappa shape index (κ1) is 13.9. The Labute approximate surface area is 111 Å². The zero-order valence-corrected chi connectivity index (χ0v) is 10.7. The fraction of sp³-hybridized carbons (Fsp3) is 0.417. The Kier molecular flexibility index (Phi) is 3.80. The summed E-state index contributed by atoms with van der Waals surface area (Å²) >= 11 is 0. The number of halogens is 3. The molecule has 0 atom stereocenters. The average Bonchev–Trinajstić information content (AvgIpc) is 2.38. The van der Waals surface area contributed by atoms with Crippen LogP contribution < -0.4 is 4.90 Å². The van der Waals surface area contributed by atoms with Crippen molar-refractivity contribution in [1.82, 2.24) is 0 Å². The van der Waals surface area contributed by atoms with E-state index in [1.54, 1.807) is 11.0 Å². The largest absolute Gasteiger partial charge is 0.417 e. The molecule has 0 N–H and O–H groups in total. The van der Waals surface area contributed by atoms with Crippen LogP contribution in [0.1, 0.15) is 11.1 Å². The quantitative estimate of drug-likeness (QED) is 0.795. The van der Waals surface area contributed by atoms with Crippen LogP contribution in [0.2, 0.25) is 0 Å². The van der Waals surface area contributed by atoms with E-state index in [1.165, 1.54) is 12.1 Å². The van der Waals surface area contributed by atoms with Gasteiger partial charge in [-0.15, -0.1) is 0 Å². The number of anilines is 1. The number of hydrogen-bond acceptors (Lipinski definition) is 3.